The molecule has 2 aliphatic carbocycles. The minimum Gasteiger partial charge on any atom is -0.352 e. The van der Waals surface area contributed by atoms with Crippen molar-refractivity contribution >= 4 is 0 Å². The Labute approximate surface area is 64.2 Å². The molecule has 4 aliphatic rings. The van der Waals surface area contributed by atoms with Gasteiger partial charge < -0.3 is 10.1 Å². The van der Waals surface area contributed by atoms with Crippen molar-refractivity contribution in [1.82, 2.24) is 5.32 Å². The summed E-state index contributed by atoms with van der Waals surface area (Å²) in [4.78, 5) is 0. The topological polar surface area (TPSA) is 34.5 Å². The first-order valence-corrected chi connectivity index (χ1v) is 3.95. The highest BCUT2D eigenvalue weighted by molar-refractivity contribution is 5.61. The third-order valence-corrected chi connectivity index (χ3v) is 2.99. The fraction of sp³-hybridized carbons (Fsp3) is 0.333. The third-order valence-electron chi connectivity index (χ3n) is 2.99. The van der Waals surface area contributed by atoms with Crippen molar-refractivity contribution in [1.29, 1.82) is 0 Å². The van der Waals surface area contributed by atoms with Gasteiger partial charge >= 0.3 is 0 Å². The molecule has 2 fully saturated rings. The summed E-state index contributed by atoms with van der Waals surface area (Å²) in [5.41, 5.74) is 2.55. The van der Waals surface area contributed by atoms with Gasteiger partial charge in [-0.1, -0.05) is 6.08 Å². The first-order valence-electron chi connectivity index (χ1n) is 3.95. The highest BCUT2D eigenvalue weighted by Crippen LogP contribution is 2.62. The minimum atomic E-state index is -0.0324. The predicted molar refractivity (Wildman–Crippen MR) is 39.6 cm³/mol. The van der Waals surface area contributed by atoms with Crippen molar-refractivity contribution in [3.8, 4) is 0 Å². The highest BCUT2D eigenvalue weighted by Gasteiger charge is 2.70. The van der Waals surface area contributed by atoms with Crippen molar-refractivity contribution in [3.63, 3.8) is 0 Å². The first-order chi connectivity index (χ1) is 5.34. The molecule has 0 amide bonds. The summed E-state index contributed by atoms with van der Waals surface area (Å²) in [5, 5.41) is 3.22. The van der Waals surface area contributed by atoms with Gasteiger partial charge in [-0.15, -0.1) is 0 Å². The Morgan fingerprint density at radius 3 is 3.27 bits per heavy atom. The van der Waals surface area contributed by atoms with Gasteiger partial charge in [-0.3, -0.25) is 0 Å². The summed E-state index contributed by atoms with van der Waals surface area (Å²) in [5.74, 6) is 0. The van der Waals surface area contributed by atoms with Gasteiger partial charge in [0.15, 0.2) is 0 Å². The molecular formula is C9H7NO. The number of epoxide rings is 1. The number of rotatable bonds is 0. The van der Waals surface area contributed by atoms with E-state index in [1.165, 1.54) is 11.4 Å². The van der Waals surface area contributed by atoms with Crippen LogP contribution < -0.4 is 5.32 Å². The van der Waals surface area contributed by atoms with Crippen molar-refractivity contribution < 1.29 is 4.74 Å². The van der Waals surface area contributed by atoms with E-state index in [0.717, 1.165) is 6.42 Å². The zero-order chi connectivity index (χ0) is 7.10. The van der Waals surface area contributed by atoms with E-state index in [1.54, 1.807) is 0 Å². The fourth-order valence-corrected chi connectivity index (χ4v) is 2.25. The van der Waals surface area contributed by atoms with Crippen LogP contribution in [0.25, 0.3) is 0 Å². The Kier molecular flexibility index (Phi) is 0.432. The molecule has 2 unspecified atom stereocenters. The van der Waals surface area contributed by atoms with Gasteiger partial charge in [-0.25, -0.2) is 0 Å². The second-order valence-electron chi connectivity index (χ2n) is 3.63. The zero-order valence-corrected chi connectivity index (χ0v) is 5.92. The van der Waals surface area contributed by atoms with Gasteiger partial charge in [-0.05, 0) is 18.2 Å². The van der Waals surface area contributed by atoms with E-state index in [0.29, 0.717) is 0 Å². The molecule has 2 nitrogen and oxygen atoms in total. The summed E-state index contributed by atoms with van der Waals surface area (Å²) in [6.07, 6.45) is 9.85. The molecule has 0 aromatic carbocycles. The van der Waals surface area contributed by atoms with Gasteiger partial charge in [0, 0.05) is 6.42 Å². The second-order valence-corrected chi connectivity index (χ2v) is 3.63. The third kappa shape index (κ3) is 0.338. The van der Waals surface area contributed by atoms with E-state index in [2.05, 4.69) is 29.6 Å². The summed E-state index contributed by atoms with van der Waals surface area (Å²) < 4.78 is 5.71. The molecular weight excluding hydrogens is 138 g/mol. The maximum atomic E-state index is 5.71. The van der Waals surface area contributed by atoms with Crippen molar-refractivity contribution in [2.24, 2.45) is 0 Å². The van der Waals surface area contributed by atoms with E-state index in [9.17, 15) is 0 Å². The maximum Gasteiger partial charge on any atom is 0.141 e. The van der Waals surface area contributed by atoms with Gasteiger partial charge in [0.2, 0.25) is 0 Å². The smallest absolute Gasteiger partial charge is 0.141 e. The lowest BCUT2D eigenvalue weighted by molar-refractivity contribution is 0.316. The largest absolute Gasteiger partial charge is 0.352 e. The molecule has 54 valence electrons. The van der Waals surface area contributed by atoms with Gasteiger partial charge in [0.1, 0.15) is 11.2 Å². The molecule has 11 heavy (non-hydrogen) atoms. The van der Waals surface area contributed by atoms with Crippen LogP contribution in [0.15, 0.2) is 35.7 Å². The predicted octanol–water partition coefficient (Wildman–Crippen LogP) is 0.839. The molecule has 2 atom stereocenters. The molecule has 0 aromatic rings. The Bertz CT molecular complexity index is 366. The van der Waals surface area contributed by atoms with E-state index in [-0.39, 0.29) is 11.2 Å². The van der Waals surface area contributed by atoms with Crippen molar-refractivity contribution in [2.45, 2.75) is 17.6 Å². The summed E-state index contributed by atoms with van der Waals surface area (Å²) in [7, 11) is 0. The van der Waals surface area contributed by atoms with Crippen LogP contribution in [0.2, 0.25) is 0 Å². The summed E-state index contributed by atoms with van der Waals surface area (Å²) >= 11 is 0. The fourth-order valence-electron chi connectivity index (χ4n) is 2.25. The Balaban J connectivity index is 2.04. The Morgan fingerprint density at radius 1 is 1.36 bits per heavy atom. The number of fused-ring (bicyclic) bond motifs is 1. The molecule has 2 aliphatic heterocycles. The molecule has 0 aromatic heterocycles. The average molecular weight is 145 g/mol. The molecule has 2 saturated heterocycles. The van der Waals surface area contributed by atoms with Crippen molar-refractivity contribution in [2.75, 3.05) is 0 Å². The molecule has 2 heterocycles. The van der Waals surface area contributed by atoms with Crippen LogP contribution in [-0.4, -0.2) is 11.2 Å². The lowest BCUT2D eigenvalue weighted by atomic mass is 9.92. The molecule has 1 N–H and O–H groups in total. The van der Waals surface area contributed by atoms with Crippen LogP contribution in [0.4, 0.5) is 0 Å². The monoisotopic (exact) mass is 145 g/mol. The molecule has 0 radical (unpaired) electrons. The lowest BCUT2D eigenvalue weighted by Crippen LogP contribution is -2.16. The molecule has 4 rings (SSSR count). The van der Waals surface area contributed by atoms with Crippen LogP contribution in [0.5, 0.6) is 0 Å². The molecule has 0 spiro atoms. The van der Waals surface area contributed by atoms with Crippen LogP contribution in [0, 0.1) is 0 Å². The normalized spacial score (nSPS) is 53.1. The SMILES string of the molecule is C1=CC23C=C4NC4=CC2(C1)O3. The Hall–Kier alpha value is -1.02. The highest BCUT2D eigenvalue weighted by atomic mass is 16.6. The van der Waals surface area contributed by atoms with Gasteiger partial charge in [0.25, 0.3) is 0 Å². The van der Waals surface area contributed by atoms with Crippen LogP contribution in [0.1, 0.15) is 6.42 Å². The Morgan fingerprint density at radius 2 is 2.27 bits per heavy atom. The van der Waals surface area contributed by atoms with E-state index < -0.39 is 0 Å². The average Bonchev–Trinajstić information content (AvgIpc) is 2.76. The molecule has 0 bridgehead atoms. The number of ether oxygens (including phenoxy) is 1. The van der Waals surface area contributed by atoms with Crippen LogP contribution >= 0.6 is 0 Å². The second kappa shape index (κ2) is 0.994. The number of hydrogen-bond acceptors (Lipinski definition) is 2. The summed E-state index contributed by atoms with van der Waals surface area (Å²) in [6.45, 7) is 0. The number of nitrogens with one attached hydrogen (secondary N) is 1. The maximum absolute atomic E-state index is 5.71. The van der Waals surface area contributed by atoms with Gasteiger partial charge in [0.05, 0.1) is 11.4 Å². The van der Waals surface area contributed by atoms with E-state index in [1.807, 2.05) is 0 Å². The number of hydrogen-bond donors (Lipinski definition) is 1. The molecule has 0 saturated carbocycles. The zero-order valence-electron chi connectivity index (χ0n) is 5.92. The van der Waals surface area contributed by atoms with Gasteiger partial charge in [-0.2, -0.15) is 0 Å². The summed E-state index contributed by atoms with van der Waals surface area (Å²) in [6, 6.07) is 0. The van der Waals surface area contributed by atoms with Crippen LogP contribution in [0.3, 0.4) is 0 Å². The van der Waals surface area contributed by atoms with E-state index in [4.69, 9.17) is 4.74 Å². The standard InChI is InChI=1S/C9H7NO/c1-2-8-4-6-7(10-6)5-9(8,3-1)11-8/h1-2,4-5,10H,3H2. The van der Waals surface area contributed by atoms with Crippen LogP contribution in [-0.2, 0) is 4.74 Å². The quantitative estimate of drug-likeness (QED) is 0.405. The lowest BCUT2D eigenvalue weighted by Gasteiger charge is -2.02. The van der Waals surface area contributed by atoms with E-state index >= 15 is 0 Å². The first kappa shape index (κ1) is 4.78. The molecule has 2 heteroatoms. The van der Waals surface area contributed by atoms with Crippen molar-refractivity contribution in [3.05, 3.63) is 35.7 Å². The minimum absolute atomic E-state index is 0.0324.